The van der Waals surface area contributed by atoms with Crippen LogP contribution in [-0.4, -0.2) is 72.2 Å². The largest absolute Gasteiger partial charge is 0.492 e. The van der Waals surface area contributed by atoms with Crippen LogP contribution in [0.15, 0.2) is 83.7 Å². The quantitative estimate of drug-likeness (QED) is 0.274. The van der Waals surface area contributed by atoms with Gasteiger partial charge in [-0.25, -0.2) is 0 Å². The van der Waals surface area contributed by atoms with Crippen LogP contribution in [0.1, 0.15) is 0 Å². The number of nitrogens with zero attached hydrogens (tertiary/aromatic N) is 3. The van der Waals surface area contributed by atoms with Gasteiger partial charge in [-0.3, -0.25) is 19.3 Å². The maximum atomic E-state index is 12.9. The molecule has 0 bridgehead atoms. The number of fused-ring (bicyclic) bond motifs is 2. The Morgan fingerprint density at radius 2 is 1.35 bits per heavy atom. The molecule has 0 atom stereocenters. The number of hydrogen-bond donors (Lipinski definition) is 0. The lowest BCUT2D eigenvalue weighted by Crippen LogP contribution is -2.50. The van der Waals surface area contributed by atoms with Crippen molar-refractivity contribution >= 4 is 33.7 Å². The molecule has 0 saturated carbocycles. The smallest absolute Gasteiger partial charge is 0.326 e. The molecule has 37 heavy (non-hydrogen) atoms. The molecule has 1 fully saturated rings. The lowest BCUT2D eigenvalue weighted by atomic mass is 10.1. The summed E-state index contributed by atoms with van der Waals surface area (Å²) in [5.74, 6) is 0.119. The highest BCUT2D eigenvalue weighted by molar-refractivity contribution is 5.94. The third-order valence-electron chi connectivity index (χ3n) is 6.67. The number of amides is 1. The number of pyridine rings is 1. The Hall–Kier alpha value is -4.17. The number of hydrogen-bond acceptors (Lipinski definition) is 6. The van der Waals surface area contributed by atoms with Gasteiger partial charge in [0, 0.05) is 43.5 Å². The number of esters is 1. The van der Waals surface area contributed by atoms with Gasteiger partial charge in [0.15, 0.2) is 12.0 Å². The first-order valence-corrected chi connectivity index (χ1v) is 12.4. The third kappa shape index (κ3) is 5.65. The number of aromatic nitrogens is 1. The Morgan fingerprint density at radius 1 is 0.757 bits per heavy atom. The average Bonchev–Trinajstić information content (AvgIpc) is 2.95. The van der Waals surface area contributed by atoms with E-state index in [2.05, 4.69) is 4.90 Å². The molecule has 2 heterocycles. The summed E-state index contributed by atoms with van der Waals surface area (Å²) in [6.45, 7) is 3.63. The van der Waals surface area contributed by atoms with E-state index in [-0.39, 0.29) is 24.5 Å². The fraction of sp³-hybridized carbons (Fsp3) is 0.276. The van der Waals surface area contributed by atoms with E-state index in [1.165, 1.54) is 0 Å². The Bertz CT molecular complexity index is 1400. The molecule has 3 aromatic carbocycles. The van der Waals surface area contributed by atoms with Crippen LogP contribution in [0.2, 0.25) is 0 Å². The van der Waals surface area contributed by atoms with Gasteiger partial charge in [0.2, 0.25) is 0 Å². The summed E-state index contributed by atoms with van der Waals surface area (Å²) >= 11 is 0. The van der Waals surface area contributed by atoms with Crippen LogP contribution in [0.3, 0.4) is 0 Å². The van der Waals surface area contributed by atoms with Gasteiger partial charge >= 0.3 is 5.97 Å². The van der Waals surface area contributed by atoms with Crippen molar-refractivity contribution < 1.29 is 19.1 Å². The molecule has 190 valence electrons. The predicted octanol–water partition coefficient (Wildman–Crippen LogP) is 2.92. The Labute approximate surface area is 214 Å². The molecule has 1 amide bonds. The number of benzene rings is 3. The predicted molar refractivity (Wildman–Crippen MR) is 142 cm³/mol. The monoisotopic (exact) mass is 499 g/mol. The van der Waals surface area contributed by atoms with Gasteiger partial charge in [-0.2, -0.15) is 0 Å². The van der Waals surface area contributed by atoms with Crippen LogP contribution in [-0.2, 0) is 20.9 Å². The second-order valence-electron chi connectivity index (χ2n) is 8.99. The zero-order valence-corrected chi connectivity index (χ0v) is 20.5. The molecule has 1 aliphatic heterocycles. The minimum absolute atomic E-state index is 0.0724. The molecule has 1 aliphatic rings. The van der Waals surface area contributed by atoms with Crippen molar-refractivity contribution in [2.24, 2.45) is 0 Å². The van der Waals surface area contributed by atoms with Crippen molar-refractivity contribution in [3.05, 3.63) is 89.1 Å². The van der Waals surface area contributed by atoms with Gasteiger partial charge in [0.1, 0.15) is 18.9 Å². The second kappa shape index (κ2) is 11.3. The number of carbonyl (C=O) groups is 2. The van der Waals surface area contributed by atoms with Crippen LogP contribution in [0.4, 0.5) is 0 Å². The van der Waals surface area contributed by atoms with E-state index >= 15 is 0 Å². The molecule has 0 spiro atoms. The molecule has 5 rings (SSSR count). The van der Waals surface area contributed by atoms with Gasteiger partial charge in [-0.05, 0) is 36.4 Å². The first-order valence-electron chi connectivity index (χ1n) is 12.4. The van der Waals surface area contributed by atoms with Crippen LogP contribution in [0.5, 0.6) is 5.75 Å². The van der Waals surface area contributed by atoms with E-state index in [9.17, 15) is 14.4 Å². The zero-order chi connectivity index (χ0) is 25.6. The van der Waals surface area contributed by atoms with Gasteiger partial charge in [-0.15, -0.1) is 0 Å². The van der Waals surface area contributed by atoms with Crippen molar-refractivity contribution in [2.75, 3.05) is 45.9 Å². The highest BCUT2D eigenvalue weighted by Crippen LogP contribution is 2.19. The third-order valence-corrected chi connectivity index (χ3v) is 6.67. The van der Waals surface area contributed by atoms with E-state index < -0.39 is 5.97 Å². The molecule has 8 nitrogen and oxygen atoms in total. The van der Waals surface area contributed by atoms with Crippen molar-refractivity contribution in [1.29, 1.82) is 0 Å². The Kier molecular flexibility index (Phi) is 7.46. The standard InChI is InChI=1S/C29H29N3O5/c33-27(31-16-14-30(15-17-31)18-19-36-22-8-2-1-3-9-22)21-37-28(34)20-32-25-12-6-4-10-23(25)29(35)24-11-5-7-13-26(24)32/h1-13H,14-21H2. The zero-order valence-electron chi connectivity index (χ0n) is 20.5. The van der Waals surface area contributed by atoms with E-state index in [1.54, 1.807) is 33.7 Å². The lowest BCUT2D eigenvalue weighted by molar-refractivity contribution is -0.153. The highest BCUT2D eigenvalue weighted by Gasteiger charge is 2.22. The van der Waals surface area contributed by atoms with Crippen molar-refractivity contribution in [2.45, 2.75) is 6.54 Å². The van der Waals surface area contributed by atoms with Crippen molar-refractivity contribution in [3.63, 3.8) is 0 Å². The van der Waals surface area contributed by atoms with Gasteiger partial charge < -0.3 is 18.9 Å². The summed E-state index contributed by atoms with van der Waals surface area (Å²) in [5.41, 5.74) is 1.24. The first-order chi connectivity index (χ1) is 18.1. The number of para-hydroxylation sites is 3. The molecule has 1 saturated heterocycles. The minimum atomic E-state index is -0.524. The summed E-state index contributed by atoms with van der Waals surface area (Å²) in [7, 11) is 0. The Balaban J connectivity index is 1.13. The Morgan fingerprint density at radius 3 is 2.00 bits per heavy atom. The van der Waals surface area contributed by atoms with Crippen LogP contribution >= 0.6 is 0 Å². The molecule has 0 aliphatic carbocycles. The summed E-state index contributed by atoms with van der Waals surface area (Å²) in [4.78, 5) is 42.3. The molecule has 0 N–H and O–H groups in total. The van der Waals surface area contributed by atoms with Gasteiger partial charge in [-0.1, -0.05) is 42.5 Å². The van der Waals surface area contributed by atoms with Crippen LogP contribution < -0.4 is 10.2 Å². The fourth-order valence-electron chi connectivity index (χ4n) is 4.69. The number of piperazine rings is 1. The SMILES string of the molecule is O=C(Cn1c2ccccc2c(=O)c2ccccc21)OCC(=O)N1CCN(CCOc2ccccc2)CC1. The molecule has 4 aromatic rings. The molecular formula is C29H29N3O5. The summed E-state index contributed by atoms with van der Waals surface area (Å²) < 4.78 is 12.9. The number of carbonyl (C=O) groups excluding carboxylic acids is 2. The molecule has 0 unspecified atom stereocenters. The summed E-state index contributed by atoms with van der Waals surface area (Å²) in [6.07, 6.45) is 0. The minimum Gasteiger partial charge on any atom is -0.492 e. The molecule has 0 radical (unpaired) electrons. The van der Waals surface area contributed by atoms with Gasteiger partial charge in [0.05, 0.1) is 11.0 Å². The number of rotatable bonds is 8. The van der Waals surface area contributed by atoms with E-state index in [4.69, 9.17) is 9.47 Å². The summed E-state index contributed by atoms with van der Waals surface area (Å²) in [5, 5.41) is 1.08. The average molecular weight is 500 g/mol. The normalized spacial score (nSPS) is 14.1. The lowest BCUT2D eigenvalue weighted by Gasteiger charge is -2.34. The van der Waals surface area contributed by atoms with E-state index in [1.807, 2.05) is 54.6 Å². The van der Waals surface area contributed by atoms with E-state index in [0.717, 1.165) is 25.4 Å². The van der Waals surface area contributed by atoms with E-state index in [0.29, 0.717) is 41.5 Å². The van der Waals surface area contributed by atoms with Crippen LogP contribution in [0, 0.1) is 0 Å². The number of ether oxygens (including phenoxy) is 2. The van der Waals surface area contributed by atoms with Crippen molar-refractivity contribution in [1.82, 2.24) is 14.4 Å². The van der Waals surface area contributed by atoms with Crippen molar-refractivity contribution in [3.8, 4) is 5.75 Å². The first kappa shape index (κ1) is 24.5. The fourth-order valence-corrected chi connectivity index (χ4v) is 4.69. The molecule has 1 aromatic heterocycles. The van der Waals surface area contributed by atoms with Crippen LogP contribution in [0.25, 0.3) is 21.8 Å². The summed E-state index contributed by atoms with van der Waals surface area (Å²) in [6, 6.07) is 24.1. The second-order valence-corrected chi connectivity index (χ2v) is 8.99. The maximum absolute atomic E-state index is 12.9. The maximum Gasteiger partial charge on any atom is 0.326 e. The topological polar surface area (TPSA) is 81.1 Å². The highest BCUT2D eigenvalue weighted by atomic mass is 16.5. The molecule has 8 heteroatoms. The molecular weight excluding hydrogens is 470 g/mol. The van der Waals surface area contributed by atoms with Gasteiger partial charge in [0.25, 0.3) is 5.91 Å².